The average molecular weight is 324 g/mol. The van der Waals surface area contributed by atoms with Gasteiger partial charge in [0, 0.05) is 25.2 Å². The van der Waals surface area contributed by atoms with Crippen molar-refractivity contribution in [2.75, 3.05) is 11.9 Å². The molecule has 0 aliphatic carbocycles. The van der Waals surface area contributed by atoms with Crippen LogP contribution in [-0.4, -0.2) is 21.7 Å². The lowest BCUT2D eigenvalue weighted by Crippen LogP contribution is -2.33. The van der Waals surface area contributed by atoms with Gasteiger partial charge in [-0.25, -0.2) is 0 Å². The topological polar surface area (TPSA) is 45.5 Å². The SMILES string of the molecule is CN(C(=S)c1c(O)c2ccccc2n(C)c1=O)c1ccccc1. The highest BCUT2D eigenvalue weighted by molar-refractivity contribution is 7.81. The predicted octanol–water partition coefficient (Wildman–Crippen LogP) is 3.06. The van der Waals surface area contributed by atoms with Crippen molar-refractivity contribution in [1.29, 1.82) is 0 Å². The number of hydrogen-bond acceptors (Lipinski definition) is 3. The van der Waals surface area contributed by atoms with Crippen molar-refractivity contribution in [3.8, 4) is 5.75 Å². The lowest BCUT2D eigenvalue weighted by molar-refractivity contribution is 0.478. The number of hydrogen-bond donors (Lipinski definition) is 1. The van der Waals surface area contributed by atoms with Crippen LogP contribution in [0.25, 0.3) is 10.9 Å². The molecule has 0 saturated carbocycles. The Kier molecular flexibility index (Phi) is 3.88. The number of anilines is 1. The maximum Gasteiger partial charge on any atom is 0.264 e. The summed E-state index contributed by atoms with van der Waals surface area (Å²) in [4.78, 5) is 14.7. The van der Waals surface area contributed by atoms with Crippen molar-refractivity contribution < 1.29 is 5.11 Å². The molecule has 0 atom stereocenters. The molecule has 23 heavy (non-hydrogen) atoms. The Bertz CT molecular complexity index is 948. The van der Waals surface area contributed by atoms with E-state index in [4.69, 9.17) is 12.2 Å². The van der Waals surface area contributed by atoms with Gasteiger partial charge in [-0.2, -0.15) is 0 Å². The number of aromatic nitrogens is 1. The van der Waals surface area contributed by atoms with E-state index >= 15 is 0 Å². The summed E-state index contributed by atoms with van der Waals surface area (Å²) in [6.07, 6.45) is 0. The smallest absolute Gasteiger partial charge is 0.264 e. The largest absolute Gasteiger partial charge is 0.506 e. The number of aromatic hydroxyl groups is 1. The lowest BCUT2D eigenvalue weighted by Gasteiger charge is -2.21. The molecule has 0 fully saturated rings. The first-order valence-corrected chi connectivity index (χ1v) is 7.57. The summed E-state index contributed by atoms with van der Waals surface area (Å²) in [7, 11) is 3.46. The van der Waals surface area contributed by atoms with Crippen LogP contribution in [0.1, 0.15) is 5.56 Å². The Morgan fingerprint density at radius 3 is 2.39 bits per heavy atom. The quantitative estimate of drug-likeness (QED) is 0.736. The van der Waals surface area contributed by atoms with Gasteiger partial charge in [-0.1, -0.05) is 42.5 Å². The molecule has 3 aromatic rings. The summed E-state index contributed by atoms with van der Waals surface area (Å²) >= 11 is 5.48. The first-order valence-electron chi connectivity index (χ1n) is 7.16. The fourth-order valence-corrected chi connectivity index (χ4v) is 2.90. The molecular formula is C18H16N2O2S. The lowest BCUT2D eigenvalue weighted by atomic mass is 10.1. The molecule has 0 bridgehead atoms. The molecule has 1 heterocycles. The summed E-state index contributed by atoms with van der Waals surface area (Å²) in [5.74, 6) is -0.0727. The van der Waals surface area contributed by atoms with Crippen LogP contribution in [0.4, 0.5) is 5.69 Å². The van der Waals surface area contributed by atoms with Gasteiger partial charge in [-0.15, -0.1) is 0 Å². The van der Waals surface area contributed by atoms with Gasteiger partial charge in [-0.3, -0.25) is 4.79 Å². The number of thiocarbonyl (C=S) groups is 1. The minimum absolute atomic E-state index is 0.0727. The van der Waals surface area contributed by atoms with Gasteiger partial charge in [0.2, 0.25) is 0 Å². The van der Waals surface area contributed by atoms with Gasteiger partial charge in [0.1, 0.15) is 16.3 Å². The van der Waals surface area contributed by atoms with E-state index in [0.29, 0.717) is 15.9 Å². The molecule has 116 valence electrons. The molecule has 0 unspecified atom stereocenters. The number of rotatable bonds is 2. The van der Waals surface area contributed by atoms with Crippen LogP contribution in [0, 0.1) is 0 Å². The third kappa shape index (κ3) is 2.49. The Morgan fingerprint density at radius 2 is 1.70 bits per heavy atom. The fraction of sp³-hybridized carbons (Fsp3) is 0.111. The Labute approximate surface area is 139 Å². The molecule has 5 heteroatoms. The zero-order valence-corrected chi connectivity index (χ0v) is 13.7. The average Bonchev–Trinajstić information content (AvgIpc) is 2.60. The molecule has 1 N–H and O–H groups in total. The Hall–Kier alpha value is -2.66. The fourth-order valence-electron chi connectivity index (χ4n) is 2.61. The standard InChI is InChI=1S/C18H16N2O2S/c1-19(12-8-4-3-5-9-12)18(23)15-16(21)13-10-6-7-11-14(13)20(2)17(15)22/h3-11,21H,1-2H3. The zero-order valence-electron chi connectivity index (χ0n) is 12.9. The van der Waals surface area contributed by atoms with Gasteiger partial charge < -0.3 is 14.6 Å². The maximum absolute atomic E-state index is 12.7. The number of pyridine rings is 1. The van der Waals surface area contributed by atoms with Crippen LogP contribution >= 0.6 is 12.2 Å². The van der Waals surface area contributed by atoms with Gasteiger partial charge >= 0.3 is 0 Å². The molecule has 0 aliphatic heterocycles. The third-order valence-corrected chi connectivity index (χ3v) is 4.42. The highest BCUT2D eigenvalue weighted by atomic mass is 32.1. The van der Waals surface area contributed by atoms with E-state index in [1.807, 2.05) is 42.5 Å². The number of aryl methyl sites for hydroxylation is 1. The first-order chi connectivity index (χ1) is 11.0. The molecule has 0 spiro atoms. The van der Waals surface area contributed by atoms with Gasteiger partial charge in [-0.05, 0) is 24.3 Å². The normalized spacial score (nSPS) is 10.7. The predicted molar refractivity (Wildman–Crippen MR) is 97.4 cm³/mol. The van der Waals surface area contributed by atoms with E-state index in [9.17, 15) is 9.90 Å². The first kappa shape index (κ1) is 15.2. The van der Waals surface area contributed by atoms with Gasteiger partial charge in [0.15, 0.2) is 0 Å². The molecule has 0 aliphatic rings. The van der Waals surface area contributed by atoms with Gasteiger partial charge in [0.05, 0.1) is 5.52 Å². The second-order valence-electron chi connectivity index (χ2n) is 5.30. The van der Waals surface area contributed by atoms with Crippen molar-refractivity contribution >= 4 is 33.8 Å². The van der Waals surface area contributed by atoms with Crippen LogP contribution in [0.5, 0.6) is 5.75 Å². The molecule has 0 saturated heterocycles. The molecule has 0 amide bonds. The molecule has 4 nitrogen and oxygen atoms in total. The van der Waals surface area contributed by atoms with Crippen molar-refractivity contribution in [1.82, 2.24) is 4.57 Å². The van der Waals surface area contributed by atoms with Crippen LogP contribution in [0.2, 0.25) is 0 Å². The van der Waals surface area contributed by atoms with E-state index in [1.54, 1.807) is 31.1 Å². The molecule has 2 aromatic carbocycles. The summed E-state index contributed by atoms with van der Waals surface area (Å²) in [6.45, 7) is 0. The number of fused-ring (bicyclic) bond motifs is 1. The van der Waals surface area contributed by atoms with Crippen LogP contribution in [-0.2, 0) is 7.05 Å². The Balaban J connectivity index is 2.20. The molecular weight excluding hydrogens is 308 g/mol. The van der Waals surface area contributed by atoms with Crippen LogP contribution in [0.15, 0.2) is 59.4 Å². The second-order valence-corrected chi connectivity index (χ2v) is 5.69. The molecule has 1 aromatic heterocycles. The van der Waals surface area contributed by atoms with E-state index in [2.05, 4.69) is 0 Å². The second kappa shape index (κ2) is 5.85. The minimum atomic E-state index is -0.311. The zero-order chi connectivity index (χ0) is 16.6. The van der Waals surface area contributed by atoms with Crippen molar-refractivity contribution in [3.05, 3.63) is 70.5 Å². The highest BCUT2D eigenvalue weighted by Gasteiger charge is 2.21. The Morgan fingerprint density at radius 1 is 1.09 bits per heavy atom. The maximum atomic E-state index is 12.7. The number of para-hydroxylation sites is 2. The minimum Gasteiger partial charge on any atom is -0.506 e. The summed E-state index contributed by atoms with van der Waals surface area (Å²) in [5, 5.41) is 11.2. The van der Waals surface area contributed by atoms with E-state index < -0.39 is 0 Å². The summed E-state index contributed by atoms with van der Waals surface area (Å²) < 4.78 is 1.51. The number of benzene rings is 2. The monoisotopic (exact) mass is 324 g/mol. The van der Waals surface area contributed by atoms with Crippen molar-refractivity contribution in [2.45, 2.75) is 0 Å². The highest BCUT2D eigenvalue weighted by Crippen LogP contribution is 2.27. The van der Waals surface area contributed by atoms with Crippen LogP contribution < -0.4 is 10.5 Å². The van der Waals surface area contributed by atoms with Crippen LogP contribution in [0.3, 0.4) is 0 Å². The number of nitrogens with zero attached hydrogens (tertiary/aromatic N) is 2. The van der Waals surface area contributed by atoms with Crippen molar-refractivity contribution in [3.63, 3.8) is 0 Å². The van der Waals surface area contributed by atoms with E-state index in [0.717, 1.165) is 5.69 Å². The third-order valence-electron chi connectivity index (χ3n) is 3.94. The summed E-state index contributed by atoms with van der Waals surface area (Å²) in [5.41, 5.74) is 1.36. The summed E-state index contributed by atoms with van der Waals surface area (Å²) in [6, 6.07) is 16.7. The van der Waals surface area contributed by atoms with E-state index in [1.165, 1.54) is 4.57 Å². The molecule has 0 radical (unpaired) electrons. The van der Waals surface area contributed by atoms with E-state index in [-0.39, 0.29) is 16.9 Å². The van der Waals surface area contributed by atoms with Gasteiger partial charge in [0.25, 0.3) is 5.56 Å². The molecule has 3 rings (SSSR count). The van der Waals surface area contributed by atoms with Crippen molar-refractivity contribution in [2.24, 2.45) is 7.05 Å².